The molecule has 0 fully saturated rings. The summed E-state index contributed by atoms with van der Waals surface area (Å²) in [6.45, 7) is 3.68. The van der Waals surface area contributed by atoms with Crippen molar-refractivity contribution in [2.75, 3.05) is 14.2 Å². The normalized spacial score (nSPS) is 10.6. The molecule has 7 nitrogen and oxygen atoms in total. The predicted molar refractivity (Wildman–Crippen MR) is 113 cm³/mol. The number of hydrogen-bond acceptors (Lipinski definition) is 6. The van der Waals surface area contributed by atoms with Crippen LogP contribution in [0, 0.1) is 13.8 Å². The summed E-state index contributed by atoms with van der Waals surface area (Å²) in [6, 6.07) is 12.3. The van der Waals surface area contributed by atoms with Gasteiger partial charge >= 0.3 is 5.97 Å². The maximum atomic E-state index is 13.0. The van der Waals surface area contributed by atoms with Crippen LogP contribution in [-0.2, 0) is 11.3 Å². The van der Waals surface area contributed by atoms with Gasteiger partial charge in [-0.1, -0.05) is 29.8 Å². The molecule has 0 bridgehead atoms. The van der Waals surface area contributed by atoms with Crippen LogP contribution in [0.5, 0.6) is 11.6 Å². The van der Waals surface area contributed by atoms with Crippen LogP contribution in [0.1, 0.15) is 27.3 Å². The number of hydrogen-bond donors (Lipinski definition) is 0. The average Bonchev–Trinajstić information content (AvgIpc) is 2.76. The molecule has 0 atom stereocenters. The highest BCUT2D eigenvalue weighted by molar-refractivity contribution is 6.31. The van der Waals surface area contributed by atoms with Crippen molar-refractivity contribution in [2.45, 2.75) is 20.5 Å². The van der Waals surface area contributed by atoms with E-state index in [1.54, 1.807) is 32.2 Å². The molecule has 0 aliphatic rings. The molecule has 0 spiro atoms. The third-order valence-electron chi connectivity index (χ3n) is 4.57. The zero-order valence-electron chi connectivity index (χ0n) is 17.1. The van der Waals surface area contributed by atoms with Gasteiger partial charge in [0.15, 0.2) is 5.02 Å². The second-order valence-corrected chi connectivity index (χ2v) is 6.93. The summed E-state index contributed by atoms with van der Waals surface area (Å²) in [4.78, 5) is 29.2. The number of carbonyl (C=O) groups excluding carboxylic acids is 1. The predicted octanol–water partition coefficient (Wildman–Crippen LogP) is 3.88. The molecule has 0 N–H and O–H groups in total. The number of rotatable bonds is 6. The third-order valence-corrected chi connectivity index (χ3v) is 4.89. The molecule has 0 amide bonds. The van der Waals surface area contributed by atoms with Crippen molar-refractivity contribution in [2.24, 2.45) is 0 Å². The van der Waals surface area contributed by atoms with Gasteiger partial charge in [-0.15, -0.1) is 0 Å². The molecular formula is C22H21ClN2O5. The summed E-state index contributed by atoms with van der Waals surface area (Å²) in [5.74, 6) is 0.658. The zero-order chi connectivity index (χ0) is 21.8. The quantitative estimate of drug-likeness (QED) is 0.554. The molecule has 0 aliphatic carbocycles. The molecule has 30 heavy (non-hydrogen) atoms. The molecule has 3 rings (SSSR count). The molecule has 0 saturated carbocycles. The highest BCUT2D eigenvalue weighted by atomic mass is 35.5. The van der Waals surface area contributed by atoms with E-state index >= 15 is 0 Å². The molecular weight excluding hydrogens is 408 g/mol. The summed E-state index contributed by atoms with van der Waals surface area (Å²) >= 11 is 6.28. The van der Waals surface area contributed by atoms with Gasteiger partial charge in [-0.2, -0.15) is 4.98 Å². The van der Waals surface area contributed by atoms with E-state index in [1.165, 1.54) is 11.7 Å². The summed E-state index contributed by atoms with van der Waals surface area (Å²) in [7, 11) is 2.89. The van der Waals surface area contributed by atoms with Crippen molar-refractivity contribution in [3.63, 3.8) is 0 Å². The van der Waals surface area contributed by atoms with Gasteiger partial charge < -0.3 is 14.2 Å². The highest BCUT2D eigenvalue weighted by Gasteiger charge is 2.18. The molecule has 0 aliphatic heterocycles. The van der Waals surface area contributed by atoms with Crippen LogP contribution in [0.2, 0.25) is 5.02 Å². The Morgan fingerprint density at radius 1 is 1.10 bits per heavy atom. The molecule has 1 heterocycles. The van der Waals surface area contributed by atoms with Crippen molar-refractivity contribution < 1.29 is 19.0 Å². The minimum Gasteiger partial charge on any atom is -0.497 e. The summed E-state index contributed by atoms with van der Waals surface area (Å²) in [6.07, 6.45) is 0. The topological polar surface area (TPSA) is 79.7 Å². The first-order valence-corrected chi connectivity index (χ1v) is 9.47. The van der Waals surface area contributed by atoms with Crippen LogP contribution in [0.4, 0.5) is 0 Å². The second-order valence-electron chi connectivity index (χ2n) is 6.55. The Hall–Kier alpha value is -3.32. The van der Waals surface area contributed by atoms with Gasteiger partial charge in [0, 0.05) is 0 Å². The van der Waals surface area contributed by atoms with Crippen LogP contribution in [0.3, 0.4) is 0 Å². The molecule has 3 aromatic rings. The molecule has 0 radical (unpaired) electrons. The molecule has 2 aromatic carbocycles. The number of nitrogens with zero attached hydrogens (tertiary/aromatic N) is 2. The summed E-state index contributed by atoms with van der Waals surface area (Å²) < 4.78 is 16.9. The Kier molecular flexibility index (Phi) is 6.42. The SMILES string of the molecule is COC(=O)c1ccc(C)c(-n2c(C)nc(OCc3ccc(OC)cc3)c(Cl)c2=O)c1. The molecule has 1 aromatic heterocycles. The highest BCUT2D eigenvalue weighted by Crippen LogP contribution is 2.23. The Bertz CT molecular complexity index is 1140. The van der Waals surface area contributed by atoms with Gasteiger partial charge in [-0.3, -0.25) is 9.36 Å². The monoisotopic (exact) mass is 428 g/mol. The van der Waals surface area contributed by atoms with E-state index in [9.17, 15) is 9.59 Å². The average molecular weight is 429 g/mol. The largest absolute Gasteiger partial charge is 0.497 e. The lowest BCUT2D eigenvalue weighted by molar-refractivity contribution is 0.0600. The van der Waals surface area contributed by atoms with Gasteiger partial charge in [-0.25, -0.2) is 4.79 Å². The van der Waals surface area contributed by atoms with Crippen LogP contribution >= 0.6 is 11.6 Å². The van der Waals surface area contributed by atoms with E-state index in [0.717, 1.165) is 16.9 Å². The number of halogens is 1. The number of aryl methyl sites for hydroxylation is 2. The van der Waals surface area contributed by atoms with E-state index in [1.807, 2.05) is 31.2 Å². The minimum absolute atomic E-state index is 0.0491. The van der Waals surface area contributed by atoms with Gasteiger partial charge in [0.25, 0.3) is 5.56 Å². The number of esters is 1. The summed E-state index contributed by atoms with van der Waals surface area (Å²) in [5.41, 5.74) is 1.98. The van der Waals surface area contributed by atoms with E-state index in [4.69, 9.17) is 25.8 Å². The molecule has 156 valence electrons. The lowest BCUT2D eigenvalue weighted by atomic mass is 10.1. The van der Waals surface area contributed by atoms with Gasteiger partial charge in [0.2, 0.25) is 5.88 Å². The zero-order valence-corrected chi connectivity index (χ0v) is 17.8. The maximum Gasteiger partial charge on any atom is 0.337 e. The van der Waals surface area contributed by atoms with E-state index < -0.39 is 11.5 Å². The lowest BCUT2D eigenvalue weighted by Crippen LogP contribution is -2.24. The fraction of sp³-hybridized carbons (Fsp3) is 0.227. The third kappa shape index (κ3) is 4.31. The van der Waals surface area contributed by atoms with Crippen molar-refractivity contribution in [3.8, 4) is 17.3 Å². The first kappa shape index (κ1) is 21.4. The van der Waals surface area contributed by atoms with Gasteiger partial charge in [-0.05, 0) is 49.2 Å². The molecule has 8 heteroatoms. The smallest absolute Gasteiger partial charge is 0.337 e. The maximum absolute atomic E-state index is 13.0. The van der Waals surface area contributed by atoms with Crippen LogP contribution in [0.15, 0.2) is 47.3 Å². The Labute approximate surface area is 178 Å². The number of ether oxygens (including phenoxy) is 3. The van der Waals surface area contributed by atoms with Gasteiger partial charge in [0.1, 0.15) is 18.2 Å². The van der Waals surface area contributed by atoms with E-state index in [0.29, 0.717) is 17.1 Å². The summed E-state index contributed by atoms with van der Waals surface area (Å²) in [5, 5.41) is -0.142. The number of carbonyl (C=O) groups is 1. The van der Waals surface area contributed by atoms with Crippen molar-refractivity contribution >= 4 is 17.6 Å². The van der Waals surface area contributed by atoms with Crippen LogP contribution in [-0.4, -0.2) is 29.7 Å². The van der Waals surface area contributed by atoms with Crippen molar-refractivity contribution in [3.05, 3.63) is 80.4 Å². The number of methoxy groups -OCH3 is 2. The fourth-order valence-electron chi connectivity index (χ4n) is 2.93. The fourth-order valence-corrected chi connectivity index (χ4v) is 3.11. The van der Waals surface area contributed by atoms with Crippen LogP contribution < -0.4 is 15.0 Å². The number of benzene rings is 2. The van der Waals surface area contributed by atoms with Crippen molar-refractivity contribution in [1.29, 1.82) is 0 Å². The lowest BCUT2D eigenvalue weighted by Gasteiger charge is -2.15. The number of aromatic nitrogens is 2. The van der Waals surface area contributed by atoms with Crippen LogP contribution in [0.25, 0.3) is 5.69 Å². The van der Waals surface area contributed by atoms with Crippen molar-refractivity contribution in [1.82, 2.24) is 9.55 Å². The Balaban J connectivity index is 1.95. The van der Waals surface area contributed by atoms with Gasteiger partial charge in [0.05, 0.1) is 25.5 Å². The molecule has 0 saturated heterocycles. The Morgan fingerprint density at radius 3 is 2.43 bits per heavy atom. The molecule has 0 unspecified atom stereocenters. The van der Waals surface area contributed by atoms with E-state index in [-0.39, 0.29) is 17.5 Å². The van der Waals surface area contributed by atoms with E-state index in [2.05, 4.69) is 4.98 Å². The first-order valence-electron chi connectivity index (χ1n) is 9.10. The standard InChI is InChI=1S/C22H21ClN2O5/c1-13-5-8-16(22(27)29-4)11-18(13)25-14(2)24-20(19(23)21(25)26)30-12-15-6-9-17(28-3)10-7-15/h5-11H,12H2,1-4H3. The minimum atomic E-state index is -0.500. The second kappa shape index (κ2) is 9.00. The first-order chi connectivity index (χ1) is 14.3. The Morgan fingerprint density at radius 2 is 1.80 bits per heavy atom.